The van der Waals surface area contributed by atoms with Gasteiger partial charge in [-0.1, -0.05) is 18.2 Å². The van der Waals surface area contributed by atoms with Gasteiger partial charge in [-0.15, -0.1) is 11.3 Å². The molecule has 1 atom stereocenters. The topological polar surface area (TPSA) is 90.3 Å². The summed E-state index contributed by atoms with van der Waals surface area (Å²) >= 11 is 1.13. The highest BCUT2D eigenvalue weighted by Crippen LogP contribution is 2.27. The fraction of sp³-hybridized carbons (Fsp3) is 0.417. The molecule has 1 aliphatic rings. The standard InChI is InChI=1S/C24H27N3O4S/c1-4-31-24(30)21-14(2)20-22(32-21)25-13-27(23(20)29)12-19(28)26-15(3)17-10-9-16-7-5-6-8-18(16)11-17/h9-11,13,15H,4-8,12H2,1-3H3,(H,26,28). The summed E-state index contributed by atoms with van der Waals surface area (Å²) in [5.41, 5.74) is 4.03. The van der Waals surface area contributed by atoms with Crippen LogP contribution in [0.15, 0.2) is 29.3 Å². The van der Waals surface area contributed by atoms with Crippen molar-refractivity contribution < 1.29 is 14.3 Å². The monoisotopic (exact) mass is 453 g/mol. The Morgan fingerprint density at radius 1 is 1.25 bits per heavy atom. The molecule has 2 heterocycles. The Hall–Kier alpha value is -3.00. The van der Waals surface area contributed by atoms with E-state index >= 15 is 0 Å². The lowest BCUT2D eigenvalue weighted by molar-refractivity contribution is -0.122. The van der Waals surface area contributed by atoms with Gasteiger partial charge in [0.05, 0.1) is 24.4 Å². The van der Waals surface area contributed by atoms with Gasteiger partial charge >= 0.3 is 5.97 Å². The molecular formula is C24H27N3O4S. The third kappa shape index (κ3) is 4.32. The summed E-state index contributed by atoms with van der Waals surface area (Å²) in [6.07, 6.45) is 6.00. The second-order valence-electron chi connectivity index (χ2n) is 8.16. The number of fused-ring (bicyclic) bond motifs is 2. The molecule has 4 rings (SSSR count). The molecule has 0 radical (unpaired) electrons. The van der Waals surface area contributed by atoms with E-state index < -0.39 is 5.97 Å². The van der Waals surface area contributed by atoms with Gasteiger partial charge in [-0.05, 0) is 68.7 Å². The molecule has 0 aliphatic heterocycles. The molecule has 0 saturated carbocycles. The molecule has 0 saturated heterocycles. The molecule has 1 N–H and O–H groups in total. The van der Waals surface area contributed by atoms with Crippen molar-refractivity contribution >= 4 is 33.4 Å². The quantitative estimate of drug-likeness (QED) is 0.575. The minimum Gasteiger partial charge on any atom is -0.462 e. The summed E-state index contributed by atoms with van der Waals surface area (Å²) in [6.45, 7) is 5.50. The van der Waals surface area contributed by atoms with Crippen molar-refractivity contribution in [3.05, 3.63) is 62.0 Å². The molecule has 32 heavy (non-hydrogen) atoms. The molecule has 1 aromatic carbocycles. The van der Waals surface area contributed by atoms with Gasteiger partial charge in [0, 0.05) is 0 Å². The molecule has 2 aromatic heterocycles. The average molecular weight is 454 g/mol. The highest BCUT2D eigenvalue weighted by atomic mass is 32.1. The van der Waals surface area contributed by atoms with E-state index in [-0.39, 0.29) is 30.7 Å². The number of esters is 1. The van der Waals surface area contributed by atoms with E-state index in [1.165, 1.54) is 34.9 Å². The van der Waals surface area contributed by atoms with Gasteiger partial charge in [0.2, 0.25) is 5.91 Å². The maximum atomic E-state index is 13.0. The molecule has 3 aromatic rings. The Balaban J connectivity index is 1.51. The van der Waals surface area contributed by atoms with Gasteiger partial charge < -0.3 is 10.1 Å². The van der Waals surface area contributed by atoms with E-state index in [4.69, 9.17) is 4.74 Å². The zero-order valence-electron chi connectivity index (χ0n) is 18.6. The first-order valence-electron chi connectivity index (χ1n) is 11.0. The SMILES string of the molecule is CCOC(=O)c1sc2ncn(CC(=O)NC(C)c3ccc4c(c3)CCCC4)c(=O)c2c1C. The van der Waals surface area contributed by atoms with Crippen LogP contribution in [-0.2, 0) is 28.9 Å². The van der Waals surface area contributed by atoms with Crippen molar-refractivity contribution in [2.45, 2.75) is 59.0 Å². The predicted octanol–water partition coefficient (Wildman–Crippen LogP) is 3.70. The van der Waals surface area contributed by atoms with Crippen LogP contribution in [0.1, 0.15) is 64.7 Å². The van der Waals surface area contributed by atoms with Crippen LogP contribution < -0.4 is 10.9 Å². The molecular weight excluding hydrogens is 426 g/mol. The van der Waals surface area contributed by atoms with Crippen LogP contribution in [-0.4, -0.2) is 28.0 Å². The highest BCUT2D eigenvalue weighted by molar-refractivity contribution is 7.20. The summed E-state index contributed by atoms with van der Waals surface area (Å²) in [6, 6.07) is 6.25. The minimum atomic E-state index is -0.462. The average Bonchev–Trinajstić information content (AvgIpc) is 3.12. The van der Waals surface area contributed by atoms with Gasteiger partial charge in [-0.25, -0.2) is 9.78 Å². The number of hydrogen-bond donors (Lipinski definition) is 1. The van der Waals surface area contributed by atoms with Gasteiger partial charge in [-0.3, -0.25) is 14.2 Å². The van der Waals surface area contributed by atoms with Gasteiger partial charge in [-0.2, -0.15) is 0 Å². The molecule has 1 aliphatic carbocycles. The highest BCUT2D eigenvalue weighted by Gasteiger charge is 2.21. The van der Waals surface area contributed by atoms with E-state index in [1.807, 2.05) is 6.92 Å². The van der Waals surface area contributed by atoms with Crippen LogP contribution in [0.25, 0.3) is 10.2 Å². The van der Waals surface area contributed by atoms with Crippen LogP contribution in [0.5, 0.6) is 0 Å². The Morgan fingerprint density at radius 2 is 2.00 bits per heavy atom. The maximum absolute atomic E-state index is 13.0. The number of carbonyl (C=O) groups is 2. The number of rotatable bonds is 6. The second-order valence-corrected chi connectivity index (χ2v) is 9.16. The fourth-order valence-electron chi connectivity index (χ4n) is 4.21. The lowest BCUT2D eigenvalue weighted by atomic mass is 9.89. The van der Waals surface area contributed by atoms with Crippen molar-refractivity contribution in [3.63, 3.8) is 0 Å². The number of nitrogens with one attached hydrogen (secondary N) is 1. The second kappa shape index (κ2) is 9.24. The molecule has 8 heteroatoms. The summed E-state index contributed by atoms with van der Waals surface area (Å²) in [4.78, 5) is 43.0. The van der Waals surface area contributed by atoms with Crippen molar-refractivity contribution in [2.24, 2.45) is 0 Å². The summed E-state index contributed by atoms with van der Waals surface area (Å²) in [5.74, 6) is -0.729. The van der Waals surface area contributed by atoms with Crippen molar-refractivity contribution in [2.75, 3.05) is 6.61 Å². The Kier molecular flexibility index (Phi) is 6.41. The molecule has 0 bridgehead atoms. The van der Waals surface area contributed by atoms with Crippen LogP contribution in [0.2, 0.25) is 0 Å². The number of thiophene rings is 1. The number of aryl methyl sites for hydroxylation is 3. The number of ether oxygens (including phenoxy) is 1. The predicted molar refractivity (Wildman–Crippen MR) is 124 cm³/mol. The molecule has 7 nitrogen and oxygen atoms in total. The first-order valence-corrected chi connectivity index (χ1v) is 11.8. The summed E-state index contributed by atoms with van der Waals surface area (Å²) < 4.78 is 6.35. The summed E-state index contributed by atoms with van der Waals surface area (Å²) in [5, 5.41) is 3.34. The first-order chi connectivity index (χ1) is 15.4. The van der Waals surface area contributed by atoms with Crippen LogP contribution in [0, 0.1) is 6.92 Å². The molecule has 1 amide bonds. The Morgan fingerprint density at radius 3 is 2.75 bits per heavy atom. The van der Waals surface area contributed by atoms with E-state index in [0.29, 0.717) is 20.7 Å². The molecule has 0 fully saturated rings. The molecule has 0 spiro atoms. The lowest BCUT2D eigenvalue weighted by Crippen LogP contribution is -2.34. The number of aromatic nitrogens is 2. The van der Waals surface area contributed by atoms with Gasteiger partial charge in [0.1, 0.15) is 16.3 Å². The molecule has 168 valence electrons. The number of carbonyl (C=O) groups excluding carboxylic acids is 2. The lowest BCUT2D eigenvalue weighted by Gasteiger charge is -2.20. The Labute approximate surface area is 190 Å². The number of amides is 1. The van der Waals surface area contributed by atoms with Gasteiger partial charge in [0.15, 0.2) is 0 Å². The van der Waals surface area contributed by atoms with Crippen LogP contribution in [0.3, 0.4) is 0 Å². The zero-order chi connectivity index (χ0) is 22.8. The molecule has 1 unspecified atom stereocenters. The smallest absolute Gasteiger partial charge is 0.348 e. The zero-order valence-corrected chi connectivity index (χ0v) is 19.4. The van der Waals surface area contributed by atoms with Crippen molar-refractivity contribution in [1.29, 1.82) is 0 Å². The largest absolute Gasteiger partial charge is 0.462 e. The normalized spacial score (nSPS) is 14.1. The van der Waals surface area contributed by atoms with Crippen molar-refractivity contribution in [3.8, 4) is 0 Å². The summed E-state index contributed by atoms with van der Waals surface area (Å²) in [7, 11) is 0. The third-order valence-electron chi connectivity index (χ3n) is 5.94. The fourth-order valence-corrected chi connectivity index (χ4v) is 5.24. The van der Waals surface area contributed by atoms with Crippen molar-refractivity contribution in [1.82, 2.24) is 14.9 Å². The van der Waals surface area contributed by atoms with E-state index in [1.54, 1.807) is 13.8 Å². The van der Waals surface area contributed by atoms with E-state index in [0.717, 1.165) is 29.7 Å². The Bertz CT molecular complexity index is 1240. The number of benzene rings is 1. The maximum Gasteiger partial charge on any atom is 0.348 e. The van der Waals surface area contributed by atoms with E-state index in [9.17, 15) is 14.4 Å². The number of hydrogen-bond acceptors (Lipinski definition) is 6. The van der Waals surface area contributed by atoms with E-state index in [2.05, 4.69) is 28.5 Å². The minimum absolute atomic E-state index is 0.138. The van der Waals surface area contributed by atoms with Crippen LogP contribution in [0.4, 0.5) is 0 Å². The van der Waals surface area contributed by atoms with Gasteiger partial charge in [0.25, 0.3) is 5.56 Å². The number of nitrogens with zero attached hydrogens (tertiary/aromatic N) is 2. The third-order valence-corrected chi connectivity index (χ3v) is 7.12. The first kappa shape index (κ1) is 22.2. The van der Waals surface area contributed by atoms with Crippen LogP contribution >= 0.6 is 11.3 Å².